The second kappa shape index (κ2) is 5.38. The summed E-state index contributed by atoms with van der Waals surface area (Å²) in [5, 5.41) is 0. The van der Waals surface area contributed by atoms with E-state index in [0.717, 1.165) is 49.0 Å². The summed E-state index contributed by atoms with van der Waals surface area (Å²) in [5.41, 5.74) is 0. The Morgan fingerprint density at radius 3 is 2.40 bits per heavy atom. The van der Waals surface area contributed by atoms with Crippen molar-refractivity contribution in [2.24, 2.45) is 0 Å². The molecule has 0 saturated carbocycles. The molecule has 0 aromatic carbocycles. The Bertz CT molecular complexity index is 30.6. The van der Waals surface area contributed by atoms with Gasteiger partial charge >= 0.3 is 68.5 Å². The van der Waals surface area contributed by atoms with E-state index in [1.54, 1.807) is 0 Å². The molecule has 0 spiro atoms. The summed E-state index contributed by atoms with van der Waals surface area (Å²) < 4.78 is 1.35. The van der Waals surface area contributed by atoms with E-state index in [1.165, 1.54) is 0.515 Å². The third-order valence-electron chi connectivity index (χ3n) is 0.471. The molecule has 0 radical (unpaired) electrons. The van der Waals surface area contributed by atoms with Gasteiger partial charge in [0.05, 0.1) is 0 Å². The molecule has 0 aliphatic heterocycles. The molecule has 0 aromatic heterocycles. The van der Waals surface area contributed by atoms with Crippen LogP contribution in [0, 0.1) is 0 Å². The standard InChI is InChI=1S/C4H7.K/c1-3-4-2;/h3-4H,1H2,2H3;/b4-3+;. The normalized spacial score (nSPS) is 10.2. The van der Waals surface area contributed by atoms with Crippen molar-refractivity contribution in [3.63, 3.8) is 0 Å². The van der Waals surface area contributed by atoms with Crippen molar-refractivity contribution in [2.45, 2.75) is 7.44 Å². The van der Waals surface area contributed by atoms with Gasteiger partial charge in [-0.05, 0) is 0 Å². The van der Waals surface area contributed by atoms with Gasteiger partial charge in [0.2, 0.25) is 0 Å². The van der Waals surface area contributed by atoms with Crippen LogP contribution >= 0.6 is 0 Å². The number of hydrogen-bond acceptors (Lipinski definition) is 0. The zero-order valence-corrected chi connectivity index (χ0v) is 6.98. The van der Waals surface area contributed by atoms with Crippen LogP contribution in [0.5, 0.6) is 0 Å². The van der Waals surface area contributed by atoms with E-state index < -0.39 is 0 Å². The Kier molecular flexibility index (Phi) is 6.86. The summed E-state index contributed by atoms with van der Waals surface area (Å²) in [6.07, 6.45) is 4.31. The van der Waals surface area contributed by atoms with Gasteiger partial charge in [-0.2, -0.15) is 0 Å². The van der Waals surface area contributed by atoms with Crippen molar-refractivity contribution in [3.05, 3.63) is 12.2 Å². The van der Waals surface area contributed by atoms with E-state index in [9.17, 15) is 0 Å². The molecule has 0 aliphatic carbocycles. The van der Waals surface area contributed by atoms with Crippen molar-refractivity contribution >= 4 is 49.0 Å². The van der Waals surface area contributed by atoms with E-state index in [1.807, 2.05) is 0 Å². The van der Waals surface area contributed by atoms with Gasteiger partial charge in [0.15, 0.2) is 0 Å². The van der Waals surface area contributed by atoms with Crippen molar-refractivity contribution in [1.82, 2.24) is 0 Å². The summed E-state index contributed by atoms with van der Waals surface area (Å²) in [4.78, 5) is 0. The maximum atomic E-state index is 2.21. The van der Waals surface area contributed by atoms with Crippen LogP contribution in [0.3, 0.4) is 0 Å². The summed E-state index contributed by atoms with van der Waals surface area (Å²) in [7, 11) is 0. The van der Waals surface area contributed by atoms with Crippen LogP contribution in [0.1, 0.15) is 6.92 Å². The molecule has 1 heteroatoms. The Hall–Kier alpha value is 1.38. The monoisotopic (exact) mass is 94.0 g/mol. The molecule has 0 nitrogen and oxygen atoms in total. The second-order valence-electron chi connectivity index (χ2n) is 0.977. The van der Waals surface area contributed by atoms with Crippen LogP contribution in [0.15, 0.2) is 12.2 Å². The van der Waals surface area contributed by atoms with Gasteiger partial charge in [-0.25, -0.2) is 0 Å². The fraction of sp³-hybridized carbons (Fsp3) is 0.500. The molecule has 5 heavy (non-hydrogen) atoms. The predicted octanol–water partition coefficient (Wildman–Crippen LogP) is 1.15. The Labute approximate surface area is 67.2 Å². The number of allylic oxidation sites excluding steroid dienone is 2. The molecule has 0 atom stereocenters. The molecule has 24 valence electrons. The third-order valence-corrected chi connectivity index (χ3v) is 1.21. The first-order valence-electron chi connectivity index (χ1n) is 2.03. The van der Waals surface area contributed by atoms with E-state index in [4.69, 9.17) is 0 Å². The van der Waals surface area contributed by atoms with Crippen LogP contribution in [0.2, 0.25) is 0.515 Å². The predicted molar refractivity (Wildman–Crippen MR) is 25.4 cm³/mol. The molecule has 0 N–H and O–H groups in total. The van der Waals surface area contributed by atoms with Crippen molar-refractivity contribution in [1.29, 1.82) is 0 Å². The zero-order valence-electron chi connectivity index (χ0n) is 3.86. The summed E-state index contributed by atoms with van der Waals surface area (Å²) in [6.45, 7) is 2.06. The molecule has 0 rings (SSSR count). The van der Waals surface area contributed by atoms with Gasteiger partial charge in [0, 0.05) is 0 Å². The molecule has 0 amide bonds. The molecule has 0 aromatic rings. The summed E-state index contributed by atoms with van der Waals surface area (Å²) >= 11 is 1.03. The van der Waals surface area contributed by atoms with Gasteiger partial charge in [0.25, 0.3) is 0 Å². The molecule has 0 fully saturated rings. The number of rotatable bonds is 1. The van der Waals surface area contributed by atoms with Crippen molar-refractivity contribution in [2.75, 3.05) is 0 Å². The first-order valence-corrected chi connectivity index (χ1v) is 4.23. The van der Waals surface area contributed by atoms with E-state index in [2.05, 4.69) is 19.1 Å². The Morgan fingerprint density at radius 1 is 1.80 bits per heavy atom. The van der Waals surface area contributed by atoms with Gasteiger partial charge in [-0.15, -0.1) is 0 Å². The average molecular weight is 94.2 g/mol. The first-order chi connectivity index (χ1) is 2.41. The van der Waals surface area contributed by atoms with Crippen LogP contribution in [-0.4, -0.2) is 49.0 Å². The Morgan fingerprint density at radius 2 is 2.40 bits per heavy atom. The van der Waals surface area contributed by atoms with Gasteiger partial charge < -0.3 is 0 Å². The zero-order chi connectivity index (χ0) is 4.12. The van der Waals surface area contributed by atoms with Gasteiger partial charge in [-0.1, -0.05) is 0 Å². The van der Waals surface area contributed by atoms with E-state index >= 15 is 0 Å². The minimum atomic E-state index is 1.03. The van der Waals surface area contributed by atoms with Crippen LogP contribution in [0.4, 0.5) is 0 Å². The van der Waals surface area contributed by atoms with Gasteiger partial charge in [0.1, 0.15) is 0 Å². The maximum absolute atomic E-state index is 2.21. The van der Waals surface area contributed by atoms with E-state index in [-0.39, 0.29) is 0 Å². The first kappa shape index (κ1) is 6.38. The number of hydrogen-bond donors (Lipinski definition) is 0. The summed E-state index contributed by atoms with van der Waals surface area (Å²) in [6, 6.07) is 0. The molecular formula is C4H7K. The van der Waals surface area contributed by atoms with E-state index in [0.29, 0.717) is 0 Å². The molecule has 0 bridgehead atoms. The molecule has 0 aliphatic rings. The van der Waals surface area contributed by atoms with Crippen molar-refractivity contribution in [3.8, 4) is 0 Å². The van der Waals surface area contributed by atoms with Crippen molar-refractivity contribution < 1.29 is 0 Å². The van der Waals surface area contributed by atoms with Crippen LogP contribution in [0.25, 0.3) is 0 Å². The quantitative estimate of drug-likeness (QED) is 0.338. The summed E-state index contributed by atoms with van der Waals surface area (Å²) in [5.74, 6) is 0. The SMILES string of the molecule is C/C=C/[CH2][K]. The third kappa shape index (κ3) is 5.38. The average Bonchev–Trinajstić information content (AvgIpc) is 1.41. The molecule has 0 unspecified atom stereocenters. The fourth-order valence-electron chi connectivity index (χ4n) is 0.236. The molecule has 0 saturated heterocycles. The van der Waals surface area contributed by atoms with Crippen LogP contribution in [-0.2, 0) is 0 Å². The fourth-order valence-corrected chi connectivity index (χ4v) is 0.972. The molecule has 0 heterocycles. The molecular weight excluding hydrogens is 87.1 g/mol. The Balaban J connectivity index is 2.62. The topological polar surface area (TPSA) is 0 Å². The van der Waals surface area contributed by atoms with Gasteiger partial charge in [-0.3, -0.25) is 0 Å². The minimum absolute atomic E-state index is 1.03. The second-order valence-corrected chi connectivity index (χ2v) is 2.25. The van der Waals surface area contributed by atoms with Crippen LogP contribution < -0.4 is 0 Å².